The first-order valence-electron chi connectivity index (χ1n) is 6.43. The van der Waals surface area contributed by atoms with Gasteiger partial charge in [-0.05, 0) is 48.9 Å². The number of fused-ring (bicyclic) bond motifs is 1. The fourth-order valence-corrected chi connectivity index (χ4v) is 3.35. The van der Waals surface area contributed by atoms with Gasteiger partial charge in [-0.2, -0.15) is 0 Å². The van der Waals surface area contributed by atoms with Crippen molar-refractivity contribution in [2.24, 2.45) is 0 Å². The maximum atomic E-state index is 12.0. The number of rotatable bonds is 5. The fourth-order valence-electron chi connectivity index (χ4n) is 2.23. The van der Waals surface area contributed by atoms with Crippen molar-refractivity contribution in [3.63, 3.8) is 0 Å². The maximum Gasteiger partial charge on any atom is 0.240 e. The molecule has 1 aliphatic carbocycles. The van der Waals surface area contributed by atoms with Crippen LogP contribution in [0.2, 0.25) is 0 Å². The molecule has 0 radical (unpaired) electrons. The molecule has 0 aliphatic heterocycles. The lowest BCUT2D eigenvalue weighted by molar-refractivity contribution is 0.0988. The number of hydrogen-bond acceptors (Lipinski definition) is 4. The topological polar surface area (TPSA) is 86.6 Å². The van der Waals surface area contributed by atoms with E-state index in [0.717, 1.165) is 31.2 Å². The number of aliphatic hydroxyl groups excluding tert-OH is 2. The Hall–Kier alpha value is -0.950. The van der Waals surface area contributed by atoms with Crippen molar-refractivity contribution in [1.82, 2.24) is 4.72 Å². The van der Waals surface area contributed by atoms with Crippen molar-refractivity contribution >= 4 is 10.0 Å². The van der Waals surface area contributed by atoms with E-state index in [2.05, 4.69) is 4.72 Å². The van der Waals surface area contributed by atoms with Crippen LogP contribution in [-0.4, -0.2) is 37.9 Å². The molecule has 1 unspecified atom stereocenters. The largest absolute Gasteiger partial charge is 0.394 e. The van der Waals surface area contributed by atoms with Gasteiger partial charge >= 0.3 is 0 Å². The Balaban J connectivity index is 2.16. The molecule has 0 saturated heterocycles. The highest BCUT2D eigenvalue weighted by Gasteiger charge is 2.18. The zero-order valence-corrected chi connectivity index (χ0v) is 11.5. The van der Waals surface area contributed by atoms with Gasteiger partial charge in [0.15, 0.2) is 0 Å². The zero-order valence-electron chi connectivity index (χ0n) is 10.7. The smallest absolute Gasteiger partial charge is 0.240 e. The maximum absolute atomic E-state index is 12.0. The second kappa shape index (κ2) is 6.00. The minimum atomic E-state index is -3.62. The van der Waals surface area contributed by atoms with E-state index < -0.39 is 22.7 Å². The molecule has 19 heavy (non-hydrogen) atoms. The number of aryl methyl sites for hydroxylation is 2. The third-order valence-electron chi connectivity index (χ3n) is 3.35. The molecule has 0 fully saturated rings. The lowest BCUT2D eigenvalue weighted by atomic mass is 9.92. The van der Waals surface area contributed by atoms with E-state index in [1.807, 2.05) is 6.07 Å². The van der Waals surface area contributed by atoms with Crippen LogP contribution < -0.4 is 4.72 Å². The summed E-state index contributed by atoms with van der Waals surface area (Å²) in [5.74, 6) is 0. The van der Waals surface area contributed by atoms with Crippen molar-refractivity contribution in [1.29, 1.82) is 0 Å². The summed E-state index contributed by atoms with van der Waals surface area (Å²) in [6, 6.07) is 5.17. The van der Waals surface area contributed by atoms with Crippen LogP contribution in [0.5, 0.6) is 0 Å². The fraction of sp³-hybridized carbons (Fsp3) is 0.538. The number of sulfonamides is 1. The molecule has 0 amide bonds. The normalized spacial score (nSPS) is 16.9. The predicted octanol–water partition coefficient (Wildman–Crippen LogP) is 0.197. The monoisotopic (exact) mass is 285 g/mol. The number of nitrogens with one attached hydrogen (secondary N) is 1. The Labute approximate surface area is 113 Å². The van der Waals surface area contributed by atoms with E-state index in [9.17, 15) is 13.5 Å². The van der Waals surface area contributed by atoms with Crippen molar-refractivity contribution in [2.75, 3.05) is 13.2 Å². The molecular formula is C13H19NO4S. The van der Waals surface area contributed by atoms with Gasteiger partial charge < -0.3 is 10.2 Å². The molecule has 1 aromatic carbocycles. The quantitative estimate of drug-likeness (QED) is 0.721. The van der Waals surface area contributed by atoms with E-state index in [0.29, 0.717) is 0 Å². The first-order valence-corrected chi connectivity index (χ1v) is 7.91. The molecule has 0 heterocycles. The highest BCUT2D eigenvalue weighted by Crippen LogP contribution is 2.23. The van der Waals surface area contributed by atoms with Crippen LogP contribution in [0.1, 0.15) is 24.0 Å². The van der Waals surface area contributed by atoms with Crippen LogP contribution >= 0.6 is 0 Å². The third-order valence-corrected chi connectivity index (χ3v) is 4.77. The van der Waals surface area contributed by atoms with E-state index in [-0.39, 0.29) is 11.4 Å². The van der Waals surface area contributed by atoms with Crippen molar-refractivity contribution < 1.29 is 18.6 Å². The van der Waals surface area contributed by atoms with Crippen molar-refractivity contribution in [3.05, 3.63) is 29.3 Å². The molecule has 0 saturated carbocycles. The summed E-state index contributed by atoms with van der Waals surface area (Å²) in [6.07, 6.45) is 3.09. The highest BCUT2D eigenvalue weighted by molar-refractivity contribution is 7.89. The number of hydrogen-bond donors (Lipinski definition) is 3. The summed E-state index contributed by atoms with van der Waals surface area (Å²) in [4.78, 5) is 0.221. The second-order valence-corrected chi connectivity index (χ2v) is 6.59. The first-order chi connectivity index (χ1) is 9.03. The molecule has 0 spiro atoms. The summed E-state index contributed by atoms with van der Waals surface area (Å²) >= 11 is 0. The SMILES string of the molecule is O=S(=O)(NCC(O)CO)c1ccc2c(c1)CCCC2. The van der Waals surface area contributed by atoms with Gasteiger partial charge in [-0.3, -0.25) is 0 Å². The molecular weight excluding hydrogens is 266 g/mol. The van der Waals surface area contributed by atoms with Gasteiger partial charge in [-0.15, -0.1) is 0 Å². The van der Waals surface area contributed by atoms with Crippen LogP contribution in [0.15, 0.2) is 23.1 Å². The Morgan fingerprint density at radius 3 is 2.58 bits per heavy atom. The average Bonchev–Trinajstić information content (AvgIpc) is 2.44. The van der Waals surface area contributed by atoms with Crippen molar-refractivity contribution in [2.45, 2.75) is 36.7 Å². The van der Waals surface area contributed by atoms with Crippen LogP contribution in [0.4, 0.5) is 0 Å². The van der Waals surface area contributed by atoms with E-state index in [1.54, 1.807) is 12.1 Å². The van der Waals surface area contributed by atoms with Gasteiger partial charge in [-0.1, -0.05) is 6.07 Å². The van der Waals surface area contributed by atoms with E-state index in [1.165, 1.54) is 5.56 Å². The van der Waals surface area contributed by atoms with Crippen molar-refractivity contribution in [3.8, 4) is 0 Å². The van der Waals surface area contributed by atoms with Gasteiger partial charge in [0, 0.05) is 6.54 Å². The summed E-state index contributed by atoms with van der Waals surface area (Å²) in [6.45, 7) is -0.650. The molecule has 3 N–H and O–H groups in total. The Bertz CT molecular complexity index is 542. The molecule has 106 valence electrons. The highest BCUT2D eigenvalue weighted by atomic mass is 32.2. The van der Waals surface area contributed by atoms with E-state index >= 15 is 0 Å². The lowest BCUT2D eigenvalue weighted by Gasteiger charge is -2.17. The molecule has 0 aromatic heterocycles. The Kier molecular flexibility index (Phi) is 4.57. The summed E-state index contributed by atoms with van der Waals surface area (Å²) < 4.78 is 26.4. The second-order valence-electron chi connectivity index (χ2n) is 4.83. The Morgan fingerprint density at radius 1 is 1.21 bits per heavy atom. The minimum Gasteiger partial charge on any atom is -0.394 e. The van der Waals surface area contributed by atoms with Gasteiger partial charge in [0.1, 0.15) is 0 Å². The summed E-state index contributed by atoms with van der Waals surface area (Å²) in [5.41, 5.74) is 2.32. The van der Waals surface area contributed by atoms with Gasteiger partial charge in [0.2, 0.25) is 10.0 Å². The Morgan fingerprint density at radius 2 is 1.89 bits per heavy atom. The van der Waals surface area contributed by atoms with Crippen LogP contribution in [-0.2, 0) is 22.9 Å². The molecule has 5 nitrogen and oxygen atoms in total. The van der Waals surface area contributed by atoms with Gasteiger partial charge in [0.25, 0.3) is 0 Å². The lowest BCUT2D eigenvalue weighted by Crippen LogP contribution is -2.34. The van der Waals surface area contributed by atoms with Crippen LogP contribution in [0.3, 0.4) is 0 Å². The average molecular weight is 285 g/mol. The third kappa shape index (κ3) is 3.54. The predicted molar refractivity (Wildman–Crippen MR) is 71.4 cm³/mol. The molecule has 1 aromatic rings. The summed E-state index contributed by atoms with van der Waals surface area (Å²) in [7, 11) is -3.62. The minimum absolute atomic E-state index is 0.185. The number of aliphatic hydroxyl groups is 2. The standard InChI is InChI=1S/C13H19NO4S/c15-9-12(16)8-14-19(17,18)13-6-5-10-3-1-2-4-11(10)7-13/h5-7,12,14-16H,1-4,8-9H2. The molecule has 0 bridgehead atoms. The van der Waals surface area contributed by atoms with Gasteiger partial charge in [-0.25, -0.2) is 13.1 Å². The molecule has 2 rings (SSSR count). The summed E-state index contributed by atoms with van der Waals surface area (Å²) in [5, 5.41) is 17.9. The van der Waals surface area contributed by atoms with E-state index in [4.69, 9.17) is 5.11 Å². The molecule has 6 heteroatoms. The van der Waals surface area contributed by atoms with Crippen LogP contribution in [0.25, 0.3) is 0 Å². The number of benzene rings is 1. The van der Waals surface area contributed by atoms with Gasteiger partial charge in [0.05, 0.1) is 17.6 Å². The molecule has 1 atom stereocenters. The zero-order chi connectivity index (χ0) is 13.9. The molecule has 1 aliphatic rings. The first kappa shape index (κ1) is 14.5. The van der Waals surface area contributed by atoms with Crippen LogP contribution in [0, 0.1) is 0 Å².